The van der Waals surface area contributed by atoms with Crippen LogP contribution in [0.1, 0.15) is 0 Å². The zero-order valence-corrected chi connectivity index (χ0v) is 18.6. The van der Waals surface area contributed by atoms with Crippen molar-refractivity contribution in [1.82, 2.24) is 0 Å². The average molecular weight is 424 g/mol. The van der Waals surface area contributed by atoms with E-state index in [4.69, 9.17) is 18.9 Å². The molecule has 0 saturated heterocycles. The van der Waals surface area contributed by atoms with Gasteiger partial charge in [0.05, 0.1) is 28.4 Å². The number of hydrogen-bond acceptors (Lipinski definition) is 4. The van der Waals surface area contributed by atoms with Crippen LogP contribution in [0.5, 0.6) is 23.0 Å². The monoisotopic (exact) mass is 424 g/mol. The van der Waals surface area contributed by atoms with Crippen molar-refractivity contribution in [2.75, 3.05) is 28.4 Å². The van der Waals surface area contributed by atoms with Crippen molar-refractivity contribution in [1.29, 1.82) is 0 Å². The van der Waals surface area contributed by atoms with Crippen LogP contribution in [0.4, 0.5) is 0 Å². The van der Waals surface area contributed by atoms with Crippen LogP contribution in [0, 0.1) is 0 Å². The number of methoxy groups -OCH3 is 4. The Morgan fingerprint density at radius 3 is 0.812 bits per heavy atom. The molecule has 4 aromatic rings. The Balaban J connectivity index is 1.99. The van der Waals surface area contributed by atoms with E-state index >= 15 is 0 Å². The summed E-state index contributed by atoms with van der Waals surface area (Å²) in [6.07, 6.45) is 0. The molecule has 0 fully saturated rings. The van der Waals surface area contributed by atoms with Gasteiger partial charge in [0.15, 0.2) is 23.0 Å². The highest BCUT2D eigenvalue weighted by molar-refractivity contribution is 6.04. The summed E-state index contributed by atoms with van der Waals surface area (Å²) in [6, 6.07) is 25.1. The van der Waals surface area contributed by atoms with Gasteiger partial charge < -0.3 is 18.9 Å². The predicted octanol–water partition coefficient (Wildman–Crippen LogP) is 6.70. The van der Waals surface area contributed by atoms with Gasteiger partial charge in [-0.15, -0.1) is 0 Å². The van der Waals surface area contributed by atoms with Crippen molar-refractivity contribution < 1.29 is 18.9 Å². The van der Waals surface area contributed by atoms with Crippen LogP contribution in [0.15, 0.2) is 72.8 Å². The summed E-state index contributed by atoms with van der Waals surface area (Å²) in [5.74, 6) is 2.74. The Hall–Kier alpha value is -3.92. The molecule has 0 unspecified atom stereocenters. The Bertz CT molecular complexity index is 1220. The first-order valence-electron chi connectivity index (χ1n) is 10.4. The molecule has 0 N–H and O–H groups in total. The third kappa shape index (κ3) is 2.99. The van der Waals surface area contributed by atoms with Gasteiger partial charge in [0, 0.05) is 0 Å². The van der Waals surface area contributed by atoms with Gasteiger partial charge in [-0.2, -0.15) is 0 Å². The Labute approximate surface area is 188 Å². The van der Waals surface area contributed by atoms with Crippen LogP contribution in [-0.2, 0) is 0 Å². The lowest BCUT2D eigenvalue weighted by atomic mass is 9.80. The van der Waals surface area contributed by atoms with Gasteiger partial charge in [0.1, 0.15) is 0 Å². The molecule has 4 nitrogen and oxygen atoms in total. The standard InChI is InChI=1S/C28H24O4/c1-29-25-13-21-19-11-7-5-9-17(19)18-10-6-8-12-20(18)22-14-26(30-2)28(32-4)16-24(22)23(21)15-27(25)31-3/h5-16H,1-4H3. The maximum atomic E-state index is 5.67. The van der Waals surface area contributed by atoms with Crippen LogP contribution in [0.25, 0.3) is 44.5 Å². The van der Waals surface area contributed by atoms with Gasteiger partial charge in [-0.1, -0.05) is 48.5 Å². The van der Waals surface area contributed by atoms with E-state index < -0.39 is 0 Å². The lowest BCUT2D eigenvalue weighted by Gasteiger charge is -2.25. The maximum absolute atomic E-state index is 5.67. The predicted molar refractivity (Wildman–Crippen MR) is 128 cm³/mol. The largest absolute Gasteiger partial charge is 0.493 e. The molecule has 0 atom stereocenters. The van der Waals surface area contributed by atoms with E-state index in [-0.39, 0.29) is 0 Å². The SMILES string of the molecule is COc1cc2c(cc1OC)-c1cc(OC)c(OC)cc1-c1ccccc1-c1ccccc1-2. The summed E-state index contributed by atoms with van der Waals surface area (Å²) < 4.78 is 22.7. The minimum Gasteiger partial charge on any atom is -0.493 e. The summed E-state index contributed by atoms with van der Waals surface area (Å²) in [4.78, 5) is 0. The molecule has 0 spiro atoms. The van der Waals surface area contributed by atoms with Crippen molar-refractivity contribution in [2.24, 2.45) is 0 Å². The van der Waals surface area contributed by atoms with E-state index in [0.29, 0.717) is 23.0 Å². The van der Waals surface area contributed by atoms with Gasteiger partial charge >= 0.3 is 0 Å². The molecule has 0 aliphatic heterocycles. The van der Waals surface area contributed by atoms with Crippen LogP contribution in [0.2, 0.25) is 0 Å². The smallest absolute Gasteiger partial charge is 0.161 e. The molecule has 160 valence electrons. The molecule has 32 heavy (non-hydrogen) atoms. The molecule has 4 aromatic carbocycles. The van der Waals surface area contributed by atoms with Crippen molar-refractivity contribution >= 4 is 0 Å². The second kappa shape index (κ2) is 7.97. The van der Waals surface area contributed by atoms with E-state index in [2.05, 4.69) is 60.7 Å². The maximum Gasteiger partial charge on any atom is 0.161 e. The Kier molecular flexibility index (Phi) is 4.98. The molecule has 0 saturated carbocycles. The minimum absolute atomic E-state index is 0.679. The molecule has 0 radical (unpaired) electrons. The zero-order chi connectivity index (χ0) is 22.2. The summed E-state index contributed by atoms with van der Waals surface area (Å²) >= 11 is 0. The van der Waals surface area contributed by atoms with E-state index in [1.807, 2.05) is 12.1 Å². The highest BCUT2D eigenvalue weighted by Crippen LogP contribution is 2.52. The van der Waals surface area contributed by atoms with Gasteiger partial charge in [-0.3, -0.25) is 0 Å². The fourth-order valence-electron chi connectivity index (χ4n) is 4.56. The quantitative estimate of drug-likeness (QED) is 0.322. The number of ether oxygens (including phenoxy) is 4. The Morgan fingerprint density at radius 1 is 0.344 bits per heavy atom. The summed E-state index contributed by atoms with van der Waals surface area (Å²) in [5.41, 5.74) is 8.82. The number of benzene rings is 4. The number of rotatable bonds is 4. The van der Waals surface area contributed by atoms with E-state index in [9.17, 15) is 0 Å². The van der Waals surface area contributed by atoms with Gasteiger partial charge in [0.25, 0.3) is 0 Å². The molecule has 1 aliphatic rings. The van der Waals surface area contributed by atoms with E-state index in [1.165, 1.54) is 0 Å². The normalized spacial score (nSPS) is 11.1. The molecular formula is C28H24O4. The summed E-state index contributed by atoms with van der Waals surface area (Å²) in [6.45, 7) is 0. The fraction of sp³-hybridized carbons (Fsp3) is 0.143. The minimum atomic E-state index is 0.679. The van der Waals surface area contributed by atoms with Gasteiger partial charge in [-0.25, -0.2) is 0 Å². The number of fused-ring (bicyclic) bond motifs is 8. The highest BCUT2D eigenvalue weighted by Gasteiger charge is 2.25. The fourth-order valence-corrected chi connectivity index (χ4v) is 4.56. The van der Waals surface area contributed by atoms with Gasteiger partial charge in [0.2, 0.25) is 0 Å². The van der Waals surface area contributed by atoms with E-state index in [0.717, 1.165) is 44.5 Å². The van der Waals surface area contributed by atoms with Crippen molar-refractivity contribution in [3.05, 3.63) is 72.8 Å². The van der Waals surface area contributed by atoms with Crippen molar-refractivity contribution in [2.45, 2.75) is 0 Å². The summed E-state index contributed by atoms with van der Waals surface area (Å²) in [5, 5.41) is 0. The molecule has 0 amide bonds. The molecule has 0 bridgehead atoms. The van der Waals surface area contributed by atoms with Gasteiger partial charge in [-0.05, 0) is 68.8 Å². The third-order valence-electron chi connectivity index (χ3n) is 6.06. The lowest BCUT2D eigenvalue weighted by molar-refractivity contribution is 0.354. The molecule has 5 rings (SSSR count). The topological polar surface area (TPSA) is 36.9 Å². The van der Waals surface area contributed by atoms with Crippen LogP contribution < -0.4 is 18.9 Å². The first-order chi connectivity index (χ1) is 15.7. The Morgan fingerprint density at radius 2 is 0.562 bits per heavy atom. The zero-order valence-electron chi connectivity index (χ0n) is 18.6. The average Bonchev–Trinajstić information content (AvgIpc) is 2.86. The number of hydrogen-bond donors (Lipinski definition) is 0. The molecular weight excluding hydrogens is 400 g/mol. The molecule has 4 heteroatoms. The first kappa shape index (κ1) is 20.0. The summed E-state index contributed by atoms with van der Waals surface area (Å²) in [7, 11) is 6.64. The second-order valence-electron chi connectivity index (χ2n) is 7.60. The second-order valence-corrected chi connectivity index (χ2v) is 7.60. The van der Waals surface area contributed by atoms with Crippen LogP contribution >= 0.6 is 0 Å². The highest BCUT2D eigenvalue weighted by atomic mass is 16.5. The molecule has 0 aromatic heterocycles. The first-order valence-corrected chi connectivity index (χ1v) is 10.4. The lowest BCUT2D eigenvalue weighted by Crippen LogP contribution is -2.01. The van der Waals surface area contributed by atoms with Crippen LogP contribution in [0.3, 0.4) is 0 Å². The molecule has 1 aliphatic carbocycles. The molecule has 0 heterocycles. The van der Waals surface area contributed by atoms with E-state index in [1.54, 1.807) is 28.4 Å². The third-order valence-corrected chi connectivity index (χ3v) is 6.06. The van der Waals surface area contributed by atoms with Crippen LogP contribution in [-0.4, -0.2) is 28.4 Å². The van der Waals surface area contributed by atoms with Crippen molar-refractivity contribution in [3.8, 4) is 67.5 Å². The van der Waals surface area contributed by atoms with Crippen molar-refractivity contribution in [3.63, 3.8) is 0 Å².